The molecule has 2 fully saturated rings. The van der Waals surface area contributed by atoms with E-state index in [0.717, 1.165) is 25.0 Å². The zero-order valence-electron chi connectivity index (χ0n) is 10.3. The number of amides is 1. The molecule has 0 aromatic carbocycles. The van der Waals surface area contributed by atoms with Crippen LogP contribution in [0.25, 0.3) is 0 Å². The summed E-state index contributed by atoms with van der Waals surface area (Å²) in [5.41, 5.74) is 0.760. The number of carboxylic acid groups (broad SMARTS) is 1. The highest BCUT2D eigenvalue weighted by molar-refractivity contribution is 5.85. The number of aromatic amines is 1. The fraction of sp³-hybridized carbons (Fsp3) is 0.583. The van der Waals surface area contributed by atoms with Crippen molar-refractivity contribution >= 4 is 12.1 Å². The molecule has 0 bridgehead atoms. The van der Waals surface area contributed by atoms with E-state index in [9.17, 15) is 9.59 Å². The summed E-state index contributed by atoms with van der Waals surface area (Å²) in [6, 6.07) is 1.52. The van der Waals surface area contributed by atoms with E-state index in [4.69, 9.17) is 9.84 Å². The number of rotatable bonds is 3. The van der Waals surface area contributed by atoms with Gasteiger partial charge < -0.3 is 14.7 Å². The Balaban J connectivity index is 1.51. The summed E-state index contributed by atoms with van der Waals surface area (Å²) in [7, 11) is 0. The Bertz CT molecular complexity index is 503. The third kappa shape index (κ3) is 2.27. The monoisotopic (exact) mass is 265 g/mol. The van der Waals surface area contributed by atoms with Gasteiger partial charge in [0.15, 0.2) is 5.69 Å². The van der Waals surface area contributed by atoms with Gasteiger partial charge in [0.05, 0.1) is 0 Å². The fourth-order valence-corrected chi connectivity index (χ4v) is 2.19. The summed E-state index contributed by atoms with van der Waals surface area (Å²) in [5.74, 6) is -0.933. The number of nitrogens with one attached hydrogen (secondary N) is 1. The summed E-state index contributed by atoms with van der Waals surface area (Å²) in [6.45, 7) is 1.10. The van der Waals surface area contributed by atoms with Crippen molar-refractivity contribution in [1.29, 1.82) is 0 Å². The highest BCUT2D eigenvalue weighted by Crippen LogP contribution is 2.29. The lowest BCUT2D eigenvalue weighted by molar-refractivity contribution is 0.0105. The largest absolute Gasteiger partial charge is 0.476 e. The molecule has 1 aliphatic carbocycles. The van der Waals surface area contributed by atoms with Crippen molar-refractivity contribution in [2.75, 3.05) is 13.1 Å². The minimum absolute atomic E-state index is 0.00509. The minimum atomic E-state index is -1.05. The molecule has 102 valence electrons. The molecule has 1 aromatic heterocycles. The van der Waals surface area contributed by atoms with Gasteiger partial charge in [-0.1, -0.05) is 0 Å². The SMILES string of the molecule is O=C(O)c1cc(C2CN(C(=O)OC3CCC3)C2)[nH]n1. The van der Waals surface area contributed by atoms with Crippen LogP contribution in [-0.4, -0.2) is 51.5 Å². The van der Waals surface area contributed by atoms with Crippen LogP contribution in [-0.2, 0) is 4.74 Å². The molecule has 19 heavy (non-hydrogen) atoms. The van der Waals surface area contributed by atoms with E-state index in [-0.39, 0.29) is 23.8 Å². The molecule has 1 aromatic rings. The number of H-pyrrole nitrogens is 1. The van der Waals surface area contributed by atoms with E-state index in [1.165, 1.54) is 6.07 Å². The molecule has 1 amide bonds. The van der Waals surface area contributed by atoms with Gasteiger partial charge in [0.25, 0.3) is 0 Å². The topological polar surface area (TPSA) is 95.5 Å². The van der Waals surface area contributed by atoms with Crippen LogP contribution in [0.1, 0.15) is 41.4 Å². The van der Waals surface area contributed by atoms with E-state index in [0.29, 0.717) is 13.1 Å². The Kier molecular flexibility index (Phi) is 2.88. The third-order valence-corrected chi connectivity index (χ3v) is 3.72. The number of likely N-dealkylation sites (tertiary alicyclic amines) is 1. The molecule has 7 nitrogen and oxygen atoms in total. The average molecular weight is 265 g/mol. The summed E-state index contributed by atoms with van der Waals surface area (Å²) in [6.07, 6.45) is 2.89. The highest BCUT2D eigenvalue weighted by atomic mass is 16.6. The summed E-state index contributed by atoms with van der Waals surface area (Å²) < 4.78 is 5.28. The lowest BCUT2D eigenvalue weighted by Gasteiger charge is -2.39. The second-order valence-corrected chi connectivity index (χ2v) is 5.05. The Morgan fingerprint density at radius 1 is 1.42 bits per heavy atom. The molecule has 2 N–H and O–H groups in total. The van der Waals surface area contributed by atoms with Crippen LogP contribution in [0.15, 0.2) is 6.07 Å². The van der Waals surface area contributed by atoms with Crippen LogP contribution in [0, 0.1) is 0 Å². The predicted octanol–water partition coefficient (Wildman–Crippen LogP) is 1.20. The maximum atomic E-state index is 11.7. The van der Waals surface area contributed by atoms with Gasteiger partial charge in [0, 0.05) is 24.7 Å². The molecule has 7 heteroatoms. The van der Waals surface area contributed by atoms with Crippen LogP contribution >= 0.6 is 0 Å². The summed E-state index contributed by atoms with van der Waals surface area (Å²) in [4.78, 5) is 24.0. The van der Waals surface area contributed by atoms with Gasteiger partial charge in [0.1, 0.15) is 6.10 Å². The van der Waals surface area contributed by atoms with Crippen LogP contribution in [0.2, 0.25) is 0 Å². The second kappa shape index (κ2) is 4.56. The normalized spacial score (nSPS) is 19.7. The van der Waals surface area contributed by atoms with Crippen molar-refractivity contribution in [2.24, 2.45) is 0 Å². The van der Waals surface area contributed by atoms with E-state index >= 15 is 0 Å². The number of hydrogen-bond acceptors (Lipinski definition) is 4. The number of nitrogens with zero attached hydrogens (tertiary/aromatic N) is 2. The van der Waals surface area contributed by atoms with Crippen molar-refractivity contribution in [1.82, 2.24) is 15.1 Å². The first-order chi connectivity index (χ1) is 9.13. The van der Waals surface area contributed by atoms with Crippen molar-refractivity contribution in [3.05, 3.63) is 17.5 Å². The number of hydrogen-bond donors (Lipinski definition) is 2. The average Bonchev–Trinajstić information content (AvgIpc) is 2.71. The highest BCUT2D eigenvalue weighted by Gasteiger charge is 2.36. The maximum absolute atomic E-state index is 11.7. The first-order valence-corrected chi connectivity index (χ1v) is 6.37. The quantitative estimate of drug-likeness (QED) is 0.856. The molecule has 0 atom stereocenters. The molecule has 2 aliphatic rings. The number of ether oxygens (including phenoxy) is 1. The Morgan fingerprint density at radius 2 is 2.16 bits per heavy atom. The smallest absolute Gasteiger partial charge is 0.410 e. The molecule has 0 spiro atoms. The first kappa shape index (κ1) is 12.0. The summed E-state index contributed by atoms with van der Waals surface area (Å²) in [5, 5.41) is 15.2. The van der Waals surface area contributed by atoms with Crippen molar-refractivity contribution in [3.8, 4) is 0 Å². The third-order valence-electron chi connectivity index (χ3n) is 3.72. The van der Waals surface area contributed by atoms with E-state index in [1.807, 2.05) is 0 Å². The van der Waals surface area contributed by atoms with Crippen molar-refractivity contribution < 1.29 is 19.4 Å². The van der Waals surface area contributed by atoms with E-state index in [2.05, 4.69) is 10.2 Å². The number of carbonyl (C=O) groups is 2. The predicted molar refractivity (Wildman–Crippen MR) is 64.0 cm³/mol. The fourth-order valence-electron chi connectivity index (χ4n) is 2.19. The zero-order chi connectivity index (χ0) is 13.4. The maximum Gasteiger partial charge on any atom is 0.410 e. The molecule has 0 unspecified atom stereocenters. The van der Waals surface area contributed by atoms with Gasteiger partial charge in [-0.15, -0.1) is 0 Å². The lowest BCUT2D eigenvalue weighted by atomic mass is 9.95. The molecule has 1 saturated heterocycles. The van der Waals surface area contributed by atoms with E-state index < -0.39 is 5.97 Å². The minimum Gasteiger partial charge on any atom is -0.476 e. The van der Waals surface area contributed by atoms with Crippen molar-refractivity contribution in [3.63, 3.8) is 0 Å². The van der Waals surface area contributed by atoms with Gasteiger partial charge >= 0.3 is 12.1 Å². The van der Waals surface area contributed by atoms with Crippen LogP contribution in [0.3, 0.4) is 0 Å². The molecule has 2 heterocycles. The van der Waals surface area contributed by atoms with E-state index in [1.54, 1.807) is 4.90 Å². The lowest BCUT2D eigenvalue weighted by Crippen LogP contribution is -2.50. The number of carboxylic acids is 1. The van der Waals surface area contributed by atoms with Crippen molar-refractivity contribution in [2.45, 2.75) is 31.3 Å². The molecule has 0 radical (unpaired) electrons. The van der Waals surface area contributed by atoms with Gasteiger partial charge in [-0.3, -0.25) is 5.10 Å². The second-order valence-electron chi connectivity index (χ2n) is 5.05. The molecule has 1 saturated carbocycles. The first-order valence-electron chi connectivity index (χ1n) is 6.37. The standard InChI is InChI=1S/C12H15N3O4/c16-11(17)10-4-9(13-14-10)7-5-15(6-7)12(18)19-8-2-1-3-8/h4,7-8H,1-3,5-6H2,(H,13,14)(H,16,17). The van der Waals surface area contributed by atoms with Gasteiger partial charge in [-0.2, -0.15) is 5.10 Å². The Morgan fingerprint density at radius 3 is 2.68 bits per heavy atom. The van der Waals surface area contributed by atoms with Gasteiger partial charge in [0.2, 0.25) is 0 Å². The number of aromatic carboxylic acids is 1. The molecular formula is C12H15N3O4. The van der Waals surface area contributed by atoms with Crippen LogP contribution < -0.4 is 0 Å². The molecular weight excluding hydrogens is 250 g/mol. The van der Waals surface area contributed by atoms with Gasteiger partial charge in [-0.05, 0) is 25.3 Å². The molecule has 1 aliphatic heterocycles. The van der Waals surface area contributed by atoms with Crippen LogP contribution in [0.5, 0.6) is 0 Å². The van der Waals surface area contributed by atoms with Gasteiger partial charge in [-0.25, -0.2) is 9.59 Å². The Labute approximate surface area is 109 Å². The number of aromatic nitrogens is 2. The number of carbonyl (C=O) groups excluding carboxylic acids is 1. The molecule has 3 rings (SSSR count). The Hall–Kier alpha value is -2.05. The van der Waals surface area contributed by atoms with Crippen LogP contribution in [0.4, 0.5) is 4.79 Å². The summed E-state index contributed by atoms with van der Waals surface area (Å²) >= 11 is 0. The zero-order valence-corrected chi connectivity index (χ0v) is 10.3.